The number of fused-ring (bicyclic) bond motifs is 6. The predicted octanol–water partition coefficient (Wildman–Crippen LogP) is 15.3. The van der Waals surface area contributed by atoms with Crippen LogP contribution in [0.2, 0.25) is 0 Å². The molecule has 8 aromatic carbocycles. The fourth-order valence-corrected chi connectivity index (χ4v) is 13.1. The fraction of sp³-hybridized carbons (Fsp3) is 0.172. The van der Waals surface area contributed by atoms with E-state index >= 15 is 0 Å². The highest BCUT2D eigenvalue weighted by Gasteiger charge is 2.61. The Labute approximate surface area is 352 Å². The SMILES string of the molecule is c1ccc(-c2ccc(N(c3ccc4c(c3)-c3ccccc3C43C4CC5CC(C4)CC3C5)c3ccc4c5ccccc5n(-c5ccccc5)c4c3)c(-c3ccccc3)c2)cc1. The second-order valence-corrected chi connectivity index (χ2v) is 18.1. The third-order valence-corrected chi connectivity index (χ3v) is 15.2. The van der Waals surface area contributed by atoms with Crippen LogP contribution >= 0.6 is 0 Å². The van der Waals surface area contributed by atoms with E-state index in [2.05, 4.69) is 204 Å². The third-order valence-electron chi connectivity index (χ3n) is 15.2. The summed E-state index contributed by atoms with van der Waals surface area (Å²) in [6.45, 7) is 0. The van der Waals surface area contributed by atoms with Gasteiger partial charge >= 0.3 is 0 Å². The van der Waals surface area contributed by atoms with E-state index in [1.165, 1.54) is 98.7 Å². The van der Waals surface area contributed by atoms with E-state index in [4.69, 9.17) is 0 Å². The van der Waals surface area contributed by atoms with Crippen LogP contribution in [0.1, 0.15) is 43.2 Å². The average Bonchev–Trinajstić information content (AvgIpc) is 3.79. The van der Waals surface area contributed by atoms with Crippen molar-refractivity contribution in [2.24, 2.45) is 23.7 Å². The fourth-order valence-electron chi connectivity index (χ4n) is 13.1. The molecule has 4 fully saturated rings. The van der Waals surface area contributed by atoms with Crippen molar-refractivity contribution in [3.63, 3.8) is 0 Å². The number of anilines is 3. The minimum absolute atomic E-state index is 0.130. The molecule has 0 N–H and O–H groups in total. The smallest absolute Gasteiger partial charge is 0.0561 e. The molecule has 4 bridgehead atoms. The van der Waals surface area contributed by atoms with Crippen molar-refractivity contribution in [1.82, 2.24) is 4.57 Å². The zero-order chi connectivity index (χ0) is 39.4. The summed E-state index contributed by atoms with van der Waals surface area (Å²) in [6, 6.07) is 72.8. The molecule has 0 aliphatic heterocycles. The summed E-state index contributed by atoms with van der Waals surface area (Å²) in [4.78, 5) is 2.55. The van der Waals surface area contributed by atoms with Gasteiger partial charge < -0.3 is 9.47 Å². The van der Waals surface area contributed by atoms with Crippen LogP contribution in [0.15, 0.2) is 194 Å². The van der Waals surface area contributed by atoms with Crippen LogP contribution in [-0.2, 0) is 5.41 Å². The summed E-state index contributed by atoms with van der Waals surface area (Å²) in [6.07, 6.45) is 7.01. The number of hydrogen-bond acceptors (Lipinski definition) is 1. The van der Waals surface area contributed by atoms with Gasteiger partial charge in [-0.2, -0.15) is 0 Å². The number of para-hydroxylation sites is 2. The van der Waals surface area contributed by atoms with Crippen LogP contribution in [0.25, 0.3) is 60.9 Å². The van der Waals surface area contributed by atoms with Gasteiger partial charge in [0.05, 0.1) is 16.7 Å². The largest absolute Gasteiger partial charge is 0.310 e. The first-order valence-electron chi connectivity index (χ1n) is 22.1. The number of nitrogens with zero attached hydrogens (tertiary/aromatic N) is 2. The Morgan fingerprint density at radius 1 is 0.400 bits per heavy atom. The quantitative estimate of drug-likeness (QED) is 0.163. The highest BCUT2D eigenvalue weighted by Crippen LogP contribution is 2.69. The van der Waals surface area contributed by atoms with Crippen molar-refractivity contribution in [3.05, 3.63) is 205 Å². The highest BCUT2D eigenvalue weighted by atomic mass is 15.1. The number of hydrogen-bond donors (Lipinski definition) is 0. The summed E-state index contributed by atoms with van der Waals surface area (Å²) >= 11 is 0. The number of aromatic nitrogens is 1. The molecule has 4 saturated carbocycles. The average molecular weight is 771 g/mol. The van der Waals surface area contributed by atoms with E-state index in [1.807, 2.05) is 0 Å². The maximum absolute atomic E-state index is 2.57. The lowest BCUT2D eigenvalue weighted by Gasteiger charge is -2.61. The molecule has 5 aliphatic rings. The third kappa shape index (κ3) is 4.94. The molecule has 0 atom stereocenters. The molecular weight excluding hydrogens is 725 g/mol. The molecule has 0 radical (unpaired) electrons. The molecule has 5 aliphatic carbocycles. The van der Waals surface area contributed by atoms with E-state index in [0.29, 0.717) is 0 Å². The highest BCUT2D eigenvalue weighted by molar-refractivity contribution is 6.10. The van der Waals surface area contributed by atoms with Gasteiger partial charge in [-0.3, -0.25) is 0 Å². The van der Waals surface area contributed by atoms with Crippen LogP contribution in [0.4, 0.5) is 17.1 Å². The lowest BCUT2D eigenvalue weighted by Crippen LogP contribution is -2.55. The molecular formula is C58H46N2. The van der Waals surface area contributed by atoms with Gasteiger partial charge in [0.2, 0.25) is 0 Å². The molecule has 1 aromatic heterocycles. The van der Waals surface area contributed by atoms with Gasteiger partial charge in [-0.25, -0.2) is 0 Å². The van der Waals surface area contributed by atoms with Gasteiger partial charge in [0.25, 0.3) is 0 Å². The lowest BCUT2D eigenvalue weighted by atomic mass is 9.43. The first-order valence-corrected chi connectivity index (χ1v) is 22.1. The summed E-state index contributed by atoms with van der Waals surface area (Å²) in [5.41, 5.74) is 18.1. The minimum atomic E-state index is 0.130. The normalized spacial score (nSPS) is 22.1. The van der Waals surface area contributed by atoms with Crippen molar-refractivity contribution in [2.45, 2.75) is 37.5 Å². The molecule has 14 rings (SSSR count). The molecule has 0 saturated heterocycles. The van der Waals surface area contributed by atoms with Gasteiger partial charge in [0.15, 0.2) is 0 Å². The van der Waals surface area contributed by atoms with Gasteiger partial charge in [-0.05, 0) is 149 Å². The summed E-state index contributed by atoms with van der Waals surface area (Å²) in [7, 11) is 0. The van der Waals surface area contributed by atoms with E-state index in [0.717, 1.165) is 35.0 Å². The Bertz CT molecular complexity index is 3080. The summed E-state index contributed by atoms with van der Waals surface area (Å²) < 4.78 is 2.44. The molecule has 60 heavy (non-hydrogen) atoms. The molecule has 2 heteroatoms. The molecule has 1 spiro atoms. The van der Waals surface area contributed by atoms with Crippen LogP contribution in [0, 0.1) is 23.7 Å². The lowest BCUT2D eigenvalue weighted by molar-refractivity contribution is -0.0399. The van der Waals surface area contributed by atoms with Crippen molar-refractivity contribution >= 4 is 38.9 Å². The molecule has 1 heterocycles. The van der Waals surface area contributed by atoms with Crippen molar-refractivity contribution in [3.8, 4) is 39.1 Å². The van der Waals surface area contributed by atoms with Crippen LogP contribution in [-0.4, -0.2) is 4.57 Å². The first-order chi connectivity index (χ1) is 29.7. The van der Waals surface area contributed by atoms with Crippen molar-refractivity contribution in [1.29, 1.82) is 0 Å². The van der Waals surface area contributed by atoms with E-state index in [1.54, 1.807) is 11.1 Å². The summed E-state index contributed by atoms with van der Waals surface area (Å²) in [5, 5.41) is 2.52. The second kappa shape index (κ2) is 13.2. The maximum Gasteiger partial charge on any atom is 0.0561 e. The number of rotatable bonds is 6. The topological polar surface area (TPSA) is 8.17 Å². The van der Waals surface area contributed by atoms with Gasteiger partial charge in [0, 0.05) is 38.8 Å². The van der Waals surface area contributed by atoms with Gasteiger partial charge in [-0.1, -0.05) is 140 Å². The zero-order valence-corrected chi connectivity index (χ0v) is 33.7. The molecule has 9 aromatic rings. The molecule has 0 unspecified atom stereocenters. The van der Waals surface area contributed by atoms with Crippen LogP contribution < -0.4 is 4.90 Å². The van der Waals surface area contributed by atoms with Crippen LogP contribution in [0.3, 0.4) is 0 Å². The second-order valence-electron chi connectivity index (χ2n) is 18.1. The van der Waals surface area contributed by atoms with E-state index in [-0.39, 0.29) is 5.41 Å². The van der Waals surface area contributed by atoms with Crippen molar-refractivity contribution in [2.75, 3.05) is 4.90 Å². The Morgan fingerprint density at radius 3 is 1.77 bits per heavy atom. The van der Waals surface area contributed by atoms with Crippen molar-refractivity contribution < 1.29 is 0 Å². The Kier molecular flexibility index (Phi) is 7.52. The standard InChI is InChI=1S/C58H46N2/c1-4-14-40(15-5-1)42-24-29-56(51(35-42)41-16-6-2-7-17-41)59(47-25-27-50-49-21-11-13-23-55(49)60(57(50)37-47)45-18-8-3-9-19-45)46-26-28-54-52(36-46)48-20-10-12-22-53(48)58(54)43-31-38-30-39(33-43)34-44(58)32-38/h1-29,35-39,43-44H,30-34H2. The Hall–Kier alpha value is -6.64. The van der Waals surface area contributed by atoms with Gasteiger partial charge in [0.1, 0.15) is 0 Å². The monoisotopic (exact) mass is 770 g/mol. The minimum Gasteiger partial charge on any atom is -0.310 e. The molecule has 0 amide bonds. The predicted molar refractivity (Wildman–Crippen MR) is 250 cm³/mol. The van der Waals surface area contributed by atoms with Gasteiger partial charge in [-0.15, -0.1) is 0 Å². The van der Waals surface area contributed by atoms with E-state index < -0.39 is 0 Å². The summed E-state index contributed by atoms with van der Waals surface area (Å²) in [5.74, 6) is 3.30. The maximum atomic E-state index is 2.57. The van der Waals surface area contributed by atoms with Crippen LogP contribution in [0.5, 0.6) is 0 Å². The zero-order valence-electron chi connectivity index (χ0n) is 33.7. The molecule has 288 valence electrons. The first kappa shape index (κ1) is 34.2. The Morgan fingerprint density at radius 2 is 1.00 bits per heavy atom. The number of benzene rings is 8. The molecule has 2 nitrogen and oxygen atoms in total. The Balaban J connectivity index is 1.07. The van der Waals surface area contributed by atoms with E-state index in [9.17, 15) is 0 Å².